The highest BCUT2D eigenvalue weighted by Gasteiger charge is 2.21. The zero-order valence-electron chi connectivity index (χ0n) is 11.7. The van der Waals surface area contributed by atoms with Gasteiger partial charge in [-0.2, -0.15) is 0 Å². The van der Waals surface area contributed by atoms with Gasteiger partial charge in [-0.1, -0.05) is 6.92 Å². The lowest BCUT2D eigenvalue weighted by molar-refractivity contribution is -0.124. The van der Waals surface area contributed by atoms with Crippen LogP contribution in [0, 0.1) is 0 Å². The van der Waals surface area contributed by atoms with Gasteiger partial charge in [0.1, 0.15) is 0 Å². The van der Waals surface area contributed by atoms with Gasteiger partial charge in [0.15, 0.2) is 0 Å². The lowest BCUT2D eigenvalue weighted by atomic mass is 9.97. The number of hydrogen-bond donors (Lipinski definition) is 2. The molecule has 0 atom stereocenters. The van der Waals surface area contributed by atoms with Gasteiger partial charge >= 0.3 is 0 Å². The van der Waals surface area contributed by atoms with Crippen LogP contribution in [-0.2, 0) is 9.59 Å². The number of carbonyl (C=O) groups excluding carboxylic acids is 2. The van der Waals surface area contributed by atoms with Crippen LogP contribution < -0.4 is 10.6 Å². The van der Waals surface area contributed by atoms with Gasteiger partial charge in [-0.25, -0.2) is 0 Å². The van der Waals surface area contributed by atoms with Crippen molar-refractivity contribution >= 4 is 11.8 Å². The van der Waals surface area contributed by atoms with E-state index in [0.717, 1.165) is 6.42 Å². The van der Waals surface area contributed by atoms with E-state index in [2.05, 4.69) is 10.6 Å². The van der Waals surface area contributed by atoms with E-state index in [1.165, 1.54) is 0 Å². The molecule has 100 valence electrons. The second kappa shape index (κ2) is 7.30. The second-order valence-electron chi connectivity index (χ2n) is 5.40. The van der Waals surface area contributed by atoms with Crippen molar-refractivity contribution in [1.82, 2.24) is 10.6 Å². The van der Waals surface area contributed by atoms with Crippen LogP contribution in [0.1, 0.15) is 60.3 Å². The Morgan fingerprint density at radius 3 is 2.18 bits per heavy atom. The molecule has 0 radical (unpaired) electrons. The van der Waals surface area contributed by atoms with E-state index in [0.29, 0.717) is 19.3 Å². The molecule has 0 unspecified atom stereocenters. The molecule has 0 spiro atoms. The Morgan fingerprint density at radius 2 is 1.71 bits per heavy atom. The first-order chi connectivity index (χ1) is 7.76. The van der Waals surface area contributed by atoms with Gasteiger partial charge in [-0.15, -0.1) is 0 Å². The largest absolute Gasteiger partial charge is 0.354 e. The first-order valence-corrected chi connectivity index (χ1v) is 6.37. The lowest BCUT2D eigenvalue weighted by Gasteiger charge is -2.26. The van der Waals surface area contributed by atoms with Crippen LogP contribution in [0.4, 0.5) is 0 Å². The first-order valence-electron chi connectivity index (χ1n) is 6.37. The smallest absolute Gasteiger partial charge is 0.220 e. The predicted molar refractivity (Wildman–Crippen MR) is 69.6 cm³/mol. The zero-order chi connectivity index (χ0) is 13.5. The highest BCUT2D eigenvalue weighted by Crippen LogP contribution is 2.11. The fraction of sp³-hybridized carbons (Fsp3) is 0.846. The molecule has 0 aliphatic heterocycles. The maximum atomic E-state index is 11.5. The molecule has 0 saturated heterocycles. The van der Waals surface area contributed by atoms with Gasteiger partial charge in [0, 0.05) is 24.4 Å². The van der Waals surface area contributed by atoms with Gasteiger partial charge in [0.2, 0.25) is 11.8 Å². The minimum Gasteiger partial charge on any atom is -0.354 e. The maximum absolute atomic E-state index is 11.5. The summed E-state index contributed by atoms with van der Waals surface area (Å²) in [4.78, 5) is 23.0. The lowest BCUT2D eigenvalue weighted by Crippen LogP contribution is -2.44. The summed E-state index contributed by atoms with van der Waals surface area (Å²) in [5.41, 5.74) is -0.319. The monoisotopic (exact) mass is 242 g/mol. The Balaban J connectivity index is 4.00. The third-order valence-corrected chi connectivity index (χ3v) is 2.38. The van der Waals surface area contributed by atoms with Crippen molar-refractivity contribution in [3.63, 3.8) is 0 Å². The summed E-state index contributed by atoms with van der Waals surface area (Å²) < 4.78 is 0. The van der Waals surface area contributed by atoms with E-state index in [1.807, 2.05) is 34.6 Å². The second-order valence-corrected chi connectivity index (χ2v) is 5.40. The van der Waals surface area contributed by atoms with Crippen molar-refractivity contribution in [2.45, 2.75) is 71.9 Å². The Bertz CT molecular complexity index is 260. The summed E-state index contributed by atoms with van der Waals surface area (Å²) >= 11 is 0. The molecule has 0 rings (SSSR count). The van der Waals surface area contributed by atoms with Gasteiger partial charge in [-0.05, 0) is 40.5 Å². The number of carbonyl (C=O) groups is 2. The van der Waals surface area contributed by atoms with Crippen molar-refractivity contribution in [3.8, 4) is 0 Å². The third-order valence-electron chi connectivity index (χ3n) is 2.38. The van der Waals surface area contributed by atoms with Gasteiger partial charge < -0.3 is 10.6 Å². The Labute approximate surface area is 105 Å². The number of nitrogens with one attached hydrogen (secondary N) is 2. The van der Waals surface area contributed by atoms with E-state index in [4.69, 9.17) is 0 Å². The van der Waals surface area contributed by atoms with Crippen LogP contribution in [-0.4, -0.2) is 23.4 Å². The summed E-state index contributed by atoms with van der Waals surface area (Å²) in [5, 5.41) is 5.79. The van der Waals surface area contributed by atoms with Crippen LogP contribution in [0.2, 0.25) is 0 Å². The summed E-state index contributed by atoms with van der Waals surface area (Å²) in [7, 11) is 0. The molecule has 2 N–H and O–H groups in total. The van der Waals surface area contributed by atoms with Crippen molar-refractivity contribution in [1.29, 1.82) is 0 Å². The zero-order valence-corrected chi connectivity index (χ0v) is 11.7. The van der Waals surface area contributed by atoms with Crippen molar-refractivity contribution in [2.24, 2.45) is 0 Å². The molecular weight excluding hydrogens is 216 g/mol. The summed E-state index contributed by atoms with van der Waals surface area (Å²) in [5.74, 6) is 0.0968. The van der Waals surface area contributed by atoms with Gasteiger partial charge in [0.05, 0.1) is 0 Å². The first kappa shape index (κ1) is 15.9. The van der Waals surface area contributed by atoms with E-state index in [-0.39, 0.29) is 23.4 Å². The fourth-order valence-corrected chi connectivity index (χ4v) is 1.55. The minimum atomic E-state index is -0.319. The molecule has 4 nitrogen and oxygen atoms in total. The molecule has 17 heavy (non-hydrogen) atoms. The van der Waals surface area contributed by atoms with Crippen LogP contribution in [0.15, 0.2) is 0 Å². The summed E-state index contributed by atoms with van der Waals surface area (Å²) in [6.07, 6.45) is 2.48. The van der Waals surface area contributed by atoms with Crippen LogP contribution in [0.25, 0.3) is 0 Å². The molecule has 0 aliphatic rings. The normalized spacial score (nSPS) is 11.4. The van der Waals surface area contributed by atoms with Gasteiger partial charge in [0.25, 0.3) is 0 Å². The SMILES string of the molecule is CCCC(=O)NC(C)(C)CCC(=O)NC(C)C. The molecule has 0 heterocycles. The molecule has 2 amide bonds. The Hall–Kier alpha value is -1.06. The molecule has 0 aromatic rings. The van der Waals surface area contributed by atoms with E-state index >= 15 is 0 Å². The molecule has 0 bridgehead atoms. The molecule has 0 aliphatic carbocycles. The predicted octanol–water partition coefficient (Wildman–Crippen LogP) is 1.99. The summed E-state index contributed by atoms with van der Waals surface area (Å²) in [6.45, 7) is 9.74. The van der Waals surface area contributed by atoms with Crippen LogP contribution in [0.3, 0.4) is 0 Å². The molecule has 4 heteroatoms. The molecule has 0 fully saturated rings. The topological polar surface area (TPSA) is 58.2 Å². The molecule has 0 aromatic carbocycles. The van der Waals surface area contributed by atoms with Crippen molar-refractivity contribution in [2.75, 3.05) is 0 Å². The van der Waals surface area contributed by atoms with Crippen LogP contribution in [0.5, 0.6) is 0 Å². The number of hydrogen-bond acceptors (Lipinski definition) is 2. The van der Waals surface area contributed by atoms with Crippen molar-refractivity contribution in [3.05, 3.63) is 0 Å². The Morgan fingerprint density at radius 1 is 1.12 bits per heavy atom. The van der Waals surface area contributed by atoms with Crippen molar-refractivity contribution < 1.29 is 9.59 Å². The highest BCUT2D eigenvalue weighted by atomic mass is 16.2. The third kappa shape index (κ3) is 8.72. The molecule has 0 saturated carbocycles. The van der Waals surface area contributed by atoms with Crippen LogP contribution >= 0.6 is 0 Å². The Kier molecular flexibility index (Phi) is 6.85. The van der Waals surface area contributed by atoms with E-state index < -0.39 is 0 Å². The fourth-order valence-electron chi connectivity index (χ4n) is 1.55. The average Bonchev–Trinajstić information content (AvgIpc) is 2.13. The minimum absolute atomic E-state index is 0.0396. The summed E-state index contributed by atoms with van der Waals surface area (Å²) in [6, 6.07) is 0.167. The quantitative estimate of drug-likeness (QED) is 0.717. The standard InChI is InChI=1S/C13H26N2O2/c1-6-7-12(17)15-13(4,5)9-8-11(16)14-10(2)3/h10H,6-9H2,1-5H3,(H,14,16)(H,15,17). The average molecular weight is 242 g/mol. The van der Waals surface area contributed by atoms with Gasteiger partial charge in [-0.3, -0.25) is 9.59 Å². The highest BCUT2D eigenvalue weighted by molar-refractivity contribution is 5.77. The number of amides is 2. The van der Waals surface area contributed by atoms with E-state index in [1.54, 1.807) is 0 Å². The molecule has 0 aromatic heterocycles. The molecular formula is C13H26N2O2. The maximum Gasteiger partial charge on any atom is 0.220 e. The van der Waals surface area contributed by atoms with E-state index in [9.17, 15) is 9.59 Å². The number of rotatable bonds is 7.